The molecule has 1 aliphatic rings. The lowest BCUT2D eigenvalue weighted by Gasteiger charge is -2.28. The van der Waals surface area contributed by atoms with Crippen LogP contribution in [0.1, 0.15) is 36.0 Å². The van der Waals surface area contributed by atoms with Crippen molar-refractivity contribution in [2.75, 3.05) is 13.2 Å². The van der Waals surface area contributed by atoms with E-state index in [1.54, 1.807) is 11.0 Å². The smallest absolute Gasteiger partial charge is 0.260 e. The summed E-state index contributed by atoms with van der Waals surface area (Å²) in [6.07, 6.45) is 5.30. The summed E-state index contributed by atoms with van der Waals surface area (Å²) in [6, 6.07) is 3.00. The highest BCUT2D eigenvalue weighted by Gasteiger charge is 2.26. The topological polar surface area (TPSA) is 73.4 Å². The first-order chi connectivity index (χ1) is 8.74. The summed E-state index contributed by atoms with van der Waals surface area (Å²) in [4.78, 5) is 28.1. The van der Waals surface area contributed by atoms with Crippen LogP contribution >= 0.6 is 0 Å². The Labute approximate surface area is 105 Å². The van der Waals surface area contributed by atoms with Crippen molar-refractivity contribution in [1.82, 2.24) is 9.88 Å². The summed E-state index contributed by atoms with van der Waals surface area (Å²) in [5, 5.41) is 9.37. The minimum absolute atomic E-state index is 0.0452. The molecule has 2 rings (SSSR count). The van der Waals surface area contributed by atoms with E-state index in [9.17, 15) is 14.7 Å². The van der Waals surface area contributed by atoms with Gasteiger partial charge in [0.1, 0.15) is 5.56 Å². The van der Waals surface area contributed by atoms with Crippen molar-refractivity contribution in [3.8, 4) is 0 Å². The molecule has 0 spiro atoms. The number of rotatable bonds is 2. The largest absolute Gasteiger partial charge is 0.394 e. The van der Waals surface area contributed by atoms with Crippen molar-refractivity contribution < 1.29 is 9.90 Å². The van der Waals surface area contributed by atoms with Crippen molar-refractivity contribution in [2.24, 2.45) is 0 Å². The van der Waals surface area contributed by atoms with Gasteiger partial charge in [0.25, 0.3) is 11.5 Å². The molecule has 2 N–H and O–H groups in total. The predicted molar refractivity (Wildman–Crippen MR) is 67.4 cm³/mol. The van der Waals surface area contributed by atoms with Crippen LogP contribution in [0.5, 0.6) is 0 Å². The number of hydrogen-bond acceptors (Lipinski definition) is 3. The highest BCUT2D eigenvalue weighted by Crippen LogP contribution is 2.18. The van der Waals surface area contributed by atoms with Gasteiger partial charge in [-0.2, -0.15) is 0 Å². The Morgan fingerprint density at radius 2 is 2.28 bits per heavy atom. The minimum atomic E-state index is -0.372. The highest BCUT2D eigenvalue weighted by atomic mass is 16.3. The van der Waals surface area contributed by atoms with Crippen LogP contribution in [0.15, 0.2) is 23.1 Å². The molecule has 1 aliphatic heterocycles. The molecule has 0 saturated carbocycles. The number of nitrogens with zero attached hydrogens (tertiary/aromatic N) is 1. The average Bonchev–Trinajstić information content (AvgIpc) is 2.63. The SMILES string of the molecule is O=C(c1ccc[nH]c1=O)N1CCCCCC1CO. The number of aliphatic hydroxyl groups excluding tert-OH is 1. The summed E-state index contributed by atoms with van der Waals surface area (Å²) < 4.78 is 0. The molecule has 5 nitrogen and oxygen atoms in total. The number of hydrogen-bond donors (Lipinski definition) is 2. The molecule has 1 atom stereocenters. The third-order valence-electron chi connectivity index (χ3n) is 3.40. The molecule has 1 unspecified atom stereocenters. The van der Waals surface area contributed by atoms with Gasteiger partial charge in [-0.1, -0.05) is 12.8 Å². The molecule has 5 heteroatoms. The van der Waals surface area contributed by atoms with Crippen LogP contribution in [0.2, 0.25) is 0 Å². The van der Waals surface area contributed by atoms with Gasteiger partial charge in [0.15, 0.2) is 0 Å². The first-order valence-electron chi connectivity index (χ1n) is 6.33. The number of aliphatic hydroxyl groups is 1. The third-order valence-corrected chi connectivity index (χ3v) is 3.40. The zero-order valence-corrected chi connectivity index (χ0v) is 10.3. The minimum Gasteiger partial charge on any atom is -0.394 e. The molecular formula is C13H18N2O3. The molecule has 0 aromatic carbocycles. The molecule has 0 radical (unpaired) electrons. The van der Waals surface area contributed by atoms with Gasteiger partial charge in [0.2, 0.25) is 0 Å². The van der Waals surface area contributed by atoms with Crippen LogP contribution in [-0.2, 0) is 0 Å². The summed E-state index contributed by atoms with van der Waals surface area (Å²) in [6.45, 7) is 0.564. The van der Waals surface area contributed by atoms with E-state index in [0.29, 0.717) is 6.54 Å². The van der Waals surface area contributed by atoms with Crippen molar-refractivity contribution in [3.63, 3.8) is 0 Å². The molecule has 1 aromatic rings. The summed E-state index contributed by atoms with van der Waals surface area (Å²) in [7, 11) is 0. The van der Waals surface area contributed by atoms with E-state index in [-0.39, 0.29) is 29.7 Å². The fourth-order valence-electron chi connectivity index (χ4n) is 2.38. The summed E-state index contributed by atoms with van der Waals surface area (Å²) in [5.74, 6) is -0.280. The second-order valence-corrected chi connectivity index (χ2v) is 4.60. The number of pyridine rings is 1. The molecule has 1 amide bonds. The van der Waals surface area contributed by atoms with Crippen LogP contribution < -0.4 is 5.56 Å². The number of aromatic amines is 1. The molecule has 0 aliphatic carbocycles. The van der Waals surface area contributed by atoms with Gasteiger partial charge in [-0.25, -0.2) is 0 Å². The van der Waals surface area contributed by atoms with Gasteiger partial charge in [-0.05, 0) is 25.0 Å². The van der Waals surface area contributed by atoms with Crippen LogP contribution in [-0.4, -0.2) is 40.1 Å². The van der Waals surface area contributed by atoms with Gasteiger partial charge in [0.05, 0.1) is 12.6 Å². The number of carbonyl (C=O) groups excluding carboxylic acids is 1. The molecule has 1 fully saturated rings. The normalized spacial score (nSPS) is 20.5. The van der Waals surface area contributed by atoms with E-state index in [0.717, 1.165) is 25.7 Å². The first-order valence-corrected chi connectivity index (χ1v) is 6.33. The van der Waals surface area contributed by atoms with Gasteiger partial charge < -0.3 is 15.0 Å². The van der Waals surface area contributed by atoms with E-state index in [2.05, 4.69) is 4.98 Å². The van der Waals surface area contributed by atoms with E-state index in [1.807, 2.05) is 0 Å². The van der Waals surface area contributed by atoms with Crippen LogP contribution in [0.4, 0.5) is 0 Å². The summed E-state index contributed by atoms with van der Waals surface area (Å²) in [5.41, 5.74) is -0.221. The van der Waals surface area contributed by atoms with E-state index in [1.165, 1.54) is 12.3 Å². The number of nitrogens with one attached hydrogen (secondary N) is 1. The average molecular weight is 250 g/mol. The summed E-state index contributed by atoms with van der Waals surface area (Å²) >= 11 is 0. The van der Waals surface area contributed by atoms with Crippen molar-refractivity contribution >= 4 is 5.91 Å². The van der Waals surface area contributed by atoms with Gasteiger partial charge in [-0.3, -0.25) is 9.59 Å². The van der Waals surface area contributed by atoms with Crippen LogP contribution in [0, 0.1) is 0 Å². The standard InChI is InChI=1S/C13H18N2O3/c16-9-10-5-2-1-3-8-15(10)13(18)11-6-4-7-14-12(11)17/h4,6-7,10,16H,1-3,5,8-9H2,(H,14,17). The molecule has 18 heavy (non-hydrogen) atoms. The lowest BCUT2D eigenvalue weighted by atomic mass is 10.1. The maximum absolute atomic E-state index is 12.3. The number of amides is 1. The van der Waals surface area contributed by atoms with Crippen molar-refractivity contribution in [2.45, 2.75) is 31.7 Å². The number of carbonyl (C=O) groups is 1. The van der Waals surface area contributed by atoms with Gasteiger partial charge in [0, 0.05) is 12.7 Å². The molecule has 1 aromatic heterocycles. The van der Waals surface area contributed by atoms with Crippen LogP contribution in [0.25, 0.3) is 0 Å². The number of likely N-dealkylation sites (tertiary alicyclic amines) is 1. The Hall–Kier alpha value is -1.62. The lowest BCUT2D eigenvalue weighted by molar-refractivity contribution is 0.0598. The predicted octanol–water partition coefficient (Wildman–Crippen LogP) is 0.752. The number of H-pyrrole nitrogens is 1. The van der Waals surface area contributed by atoms with Gasteiger partial charge in [-0.15, -0.1) is 0 Å². The Kier molecular flexibility index (Phi) is 4.15. The monoisotopic (exact) mass is 250 g/mol. The molecule has 2 heterocycles. The Morgan fingerprint density at radius 3 is 3.00 bits per heavy atom. The lowest BCUT2D eigenvalue weighted by Crippen LogP contribution is -2.43. The van der Waals surface area contributed by atoms with Crippen molar-refractivity contribution in [1.29, 1.82) is 0 Å². The Balaban J connectivity index is 2.26. The van der Waals surface area contributed by atoms with E-state index < -0.39 is 0 Å². The third kappa shape index (κ3) is 2.61. The van der Waals surface area contributed by atoms with Crippen LogP contribution in [0.3, 0.4) is 0 Å². The zero-order chi connectivity index (χ0) is 13.0. The Morgan fingerprint density at radius 1 is 1.44 bits per heavy atom. The quantitative estimate of drug-likeness (QED) is 0.813. The van der Waals surface area contributed by atoms with Gasteiger partial charge >= 0.3 is 0 Å². The molecular weight excluding hydrogens is 232 g/mol. The van der Waals surface area contributed by atoms with E-state index in [4.69, 9.17) is 0 Å². The molecule has 1 saturated heterocycles. The maximum atomic E-state index is 12.3. The maximum Gasteiger partial charge on any atom is 0.260 e. The fraction of sp³-hybridized carbons (Fsp3) is 0.538. The fourth-order valence-corrected chi connectivity index (χ4v) is 2.38. The van der Waals surface area contributed by atoms with Crippen molar-refractivity contribution in [3.05, 3.63) is 34.2 Å². The molecule has 0 bridgehead atoms. The second kappa shape index (κ2) is 5.82. The number of aromatic nitrogens is 1. The van der Waals surface area contributed by atoms with E-state index >= 15 is 0 Å². The zero-order valence-electron chi connectivity index (χ0n) is 10.3. The second-order valence-electron chi connectivity index (χ2n) is 4.60. The Bertz CT molecular complexity index is 469. The highest BCUT2D eigenvalue weighted by molar-refractivity contribution is 5.94. The first kappa shape index (κ1) is 12.8. The molecule has 98 valence electrons.